The molecule has 0 saturated heterocycles. The number of benzene rings is 3. The van der Waals surface area contributed by atoms with Crippen molar-refractivity contribution < 1.29 is 23.9 Å². The predicted molar refractivity (Wildman–Crippen MR) is 147 cm³/mol. The third-order valence-electron chi connectivity index (χ3n) is 6.14. The van der Waals surface area contributed by atoms with E-state index in [1.165, 1.54) is 0 Å². The van der Waals surface area contributed by atoms with Crippen LogP contribution in [0.3, 0.4) is 0 Å². The van der Waals surface area contributed by atoms with Crippen molar-refractivity contribution in [2.24, 2.45) is 0 Å². The Kier molecular flexibility index (Phi) is 8.37. The van der Waals surface area contributed by atoms with E-state index in [4.69, 9.17) is 21.1 Å². The number of carbonyl (C=O) groups is 3. The molecule has 1 aliphatic rings. The molecule has 4 rings (SSSR count). The minimum Gasteiger partial charge on any atom is -0.460 e. The zero-order chi connectivity index (χ0) is 27.3. The molecule has 0 fully saturated rings. The van der Waals surface area contributed by atoms with Crippen LogP contribution >= 0.6 is 11.6 Å². The van der Waals surface area contributed by atoms with Gasteiger partial charge in [0.15, 0.2) is 0 Å². The minimum atomic E-state index is -1.05. The van der Waals surface area contributed by atoms with Crippen LogP contribution in [-0.4, -0.2) is 36.2 Å². The van der Waals surface area contributed by atoms with Crippen molar-refractivity contribution in [2.45, 2.75) is 51.2 Å². The second kappa shape index (κ2) is 11.7. The molecule has 3 aromatic rings. The monoisotopic (exact) mass is 534 g/mol. The first-order chi connectivity index (χ1) is 18.1. The summed E-state index contributed by atoms with van der Waals surface area (Å²) in [4.78, 5) is 38.3. The molecule has 38 heavy (non-hydrogen) atoms. The van der Waals surface area contributed by atoms with Crippen LogP contribution in [0.5, 0.6) is 0 Å². The van der Waals surface area contributed by atoms with Gasteiger partial charge >= 0.3 is 12.1 Å². The zero-order valence-corrected chi connectivity index (χ0v) is 22.4. The zero-order valence-electron chi connectivity index (χ0n) is 21.6. The Hall–Kier alpha value is -3.84. The third kappa shape index (κ3) is 6.72. The number of alkyl carbamates (subject to hydrolysis) is 1. The van der Waals surface area contributed by atoms with Gasteiger partial charge < -0.3 is 20.1 Å². The van der Waals surface area contributed by atoms with Crippen LogP contribution in [0.25, 0.3) is 11.1 Å². The molecule has 2 N–H and O–H groups in total. The number of anilines is 1. The van der Waals surface area contributed by atoms with E-state index in [0.29, 0.717) is 10.7 Å². The number of ether oxygens (including phenoxy) is 2. The first kappa shape index (κ1) is 27.2. The molecule has 0 aliphatic heterocycles. The molecule has 7 nitrogen and oxygen atoms in total. The average Bonchev–Trinajstić information content (AvgIpc) is 3.19. The van der Waals surface area contributed by atoms with Crippen LogP contribution in [-0.2, 0) is 19.1 Å². The van der Waals surface area contributed by atoms with Gasteiger partial charge in [-0.1, -0.05) is 72.3 Å². The Morgan fingerprint density at radius 3 is 2.08 bits per heavy atom. The van der Waals surface area contributed by atoms with Crippen molar-refractivity contribution in [1.82, 2.24) is 5.32 Å². The molecule has 0 bridgehead atoms. The molecule has 0 heterocycles. The summed E-state index contributed by atoms with van der Waals surface area (Å²) in [7, 11) is 0. The van der Waals surface area contributed by atoms with Crippen molar-refractivity contribution >= 4 is 35.3 Å². The van der Waals surface area contributed by atoms with Crippen molar-refractivity contribution in [3.8, 4) is 11.1 Å². The van der Waals surface area contributed by atoms with Gasteiger partial charge in [0.1, 0.15) is 18.2 Å². The molecule has 0 saturated carbocycles. The van der Waals surface area contributed by atoms with Gasteiger partial charge in [0.05, 0.1) is 10.7 Å². The summed E-state index contributed by atoms with van der Waals surface area (Å²) >= 11 is 6.18. The summed E-state index contributed by atoms with van der Waals surface area (Å²) < 4.78 is 11.0. The number of halogens is 1. The largest absolute Gasteiger partial charge is 0.460 e. The third-order valence-corrected chi connectivity index (χ3v) is 6.47. The van der Waals surface area contributed by atoms with E-state index in [1.807, 2.05) is 36.4 Å². The van der Waals surface area contributed by atoms with Gasteiger partial charge in [0.2, 0.25) is 5.91 Å². The molecular formula is C30H31ClN2O5. The lowest BCUT2D eigenvalue weighted by molar-refractivity contribution is -0.155. The van der Waals surface area contributed by atoms with Crippen molar-refractivity contribution in [1.29, 1.82) is 0 Å². The lowest BCUT2D eigenvalue weighted by atomic mass is 9.98. The van der Waals surface area contributed by atoms with Crippen molar-refractivity contribution in [2.75, 3.05) is 11.9 Å². The molecular weight excluding hydrogens is 504 g/mol. The fraction of sp³-hybridized carbons (Fsp3) is 0.300. The summed E-state index contributed by atoms with van der Waals surface area (Å²) in [6.07, 6.45) is -0.799. The standard InChI is InChI=1S/C30H31ClN2O5/c1-30(2,3)38-27(34)17-16-26(28(35)32-25-15-9-8-14-24(25)31)33-29(36)37-18-23-21-12-6-4-10-19(21)20-11-5-7-13-22(20)23/h4-15,23,26H,16-18H2,1-3H3,(H,32,35)(H,33,36)/t26-/m0/s1. The summed E-state index contributed by atoms with van der Waals surface area (Å²) in [6, 6.07) is 21.8. The number of esters is 1. The molecule has 0 unspecified atom stereocenters. The maximum atomic E-state index is 13.1. The van der Waals surface area contributed by atoms with Crippen molar-refractivity contribution in [3.63, 3.8) is 0 Å². The maximum absolute atomic E-state index is 13.1. The Labute approximate surface area is 227 Å². The molecule has 1 aliphatic carbocycles. The topological polar surface area (TPSA) is 93.7 Å². The maximum Gasteiger partial charge on any atom is 0.407 e. The summed E-state index contributed by atoms with van der Waals surface area (Å²) in [5, 5.41) is 5.69. The van der Waals surface area contributed by atoms with Gasteiger partial charge in [-0.25, -0.2) is 4.79 Å². The van der Waals surface area contributed by atoms with Gasteiger partial charge in [0, 0.05) is 12.3 Å². The highest BCUT2D eigenvalue weighted by atomic mass is 35.5. The second-order valence-electron chi connectivity index (χ2n) is 10.1. The van der Waals surface area contributed by atoms with Crippen LogP contribution in [0, 0.1) is 0 Å². The van der Waals surface area contributed by atoms with Crippen LogP contribution in [0.15, 0.2) is 72.8 Å². The number of hydrogen-bond acceptors (Lipinski definition) is 5. The number of para-hydroxylation sites is 1. The van der Waals surface area contributed by atoms with E-state index >= 15 is 0 Å². The Morgan fingerprint density at radius 2 is 1.47 bits per heavy atom. The molecule has 0 aromatic heterocycles. The number of nitrogens with one attached hydrogen (secondary N) is 2. The Morgan fingerprint density at radius 1 is 0.895 bits per heavy atom. The van der Waals surface area contributed by atoms with E-state index in [2.05, 4.69) is 22.8 Å². The van der Waals surface area contributed by atoms with Gasteiger partial charge in [-0.2, -0.15) is 0 Å². The molecule has 0 radical (unpaired) electrons. The normalized spacial score (nSPS) is 13.2. The molecule has 2 amide bonds. The summed E-state index contributed by atoms with van der Waals surface area (Å²) in [5.74, 6) is -1.11. The van der Waals surface area contributed by atoms with E-state index in [0.717, 1.165) is 22.3 Å². The quantitative estimate of drug-likeness (QED) is 0.330. The van der Waals surface area contributed by atoms with Crippen molar-refractivity contribution in [3.05, 3.63) is 88.9 Å². The minimum absolute atomic E-state index is 0.0232. The van der Waals surface area contributed by atoms with E-state index in [9.17, 15) is 14.4 Å². The molecule has 0 spiro atoms. The molecule has 8 heteroatoms. The van der Waals surface area contributed by atoms with Crippen LogP contribution in [0.2, 0.25) is 5.02 Å². The first-order valence-corrected chi connectivity index (χ1v) is 12.9. The van der Waals surface area contributed by atoms with E-state index in [1.54, 1.807) is 45.0 Å². The number of rotatable bonds is 8. The molecule has 198 valence electrons. The number of hydrogen-bond donors (Lipinski definition) is 2. The van der Waals surface area contributed by atoms with Gasteiger partial charge in [-0.15, -0.1) is 0 Å². The Balaban J connectivity index is 1.44. The fourth-order valence-electron chi connectivity index (χ4n) is 4.49. The highest BCUT2D eigenvalue weighted by Gasteiger charge is 2.30. The van der Waals surface area contributed by atoms with Gasteiger partial charge in [-0.3, -0.25) is 9.59 Å². The molecule has 1 atom stereocenters. The predicted octanol–water partition coefficient (Wildman–Crippen LogP) is 6.31. The highest BCUT2D eigenvalue weighted by molar-refractivity contribution is 6.33. The summed E-state index contributed by atoms with van der Waals surface area (Å²) in [5.41, 5.74) is 4.14. The average molecular weight is 535 g/mol. The fourth-order valence-corrected chi connectivity index (χ4v) is 4.67. The van der Waals surface area contributed by atoms with Gasteiger partial charge in [-0.05, 0) is 61.6 Å². The molecule has 3 aromatic carbocycles. The van der Waals surface area contributed by atoms with E-state index < -0.39 is 29.6 Å². The second-order valence-corrected chi connectivity index (χ2v) is 10.5. The number of fused-ring (bicyclic) bond motifs is 3. The number of carbonyl (C=O) groups excluding carboxylic acids is 3. The van der Waals surface area contributed by atoms with E-state index in [-0.39, 0.29) is 25.4 Å². The number of amides is 2. The van der Waals surface area contributed by atoms with Crippen LogP contribution in [0.1, 0.15) is 50.7 Å². The lowest BCUT2D eigenvalue weighted by Gasteiger charge is -2.22. The highest BCUT2D eigenvalue weighted by Crippen LogP contribution is 2.44. The Bertz CT molecular complexity index is 1290. The smallest absolute Gasteiger partial charge is 0.407 e. The lowest BCUT2D eigenvalue weighted by Crippen LogP contribution is -2.44. The van der Waals surface area contributed by atoms with Crippen LogP contribution < -0.4 is 10.6 Å². The first-order valence-electron chi connectivity index (χ1n) is 12.5. The van der Waals surface area contributed by atoms with Crippen LogP contribution in [0.4, 0.5) is 10.5 Å². The SMILES string of the molecule is CC(C)(C)OC(=O)CC[C@H](NC(=O)OCC1c2ccccc2-c2ccccc21)C(=O)Nc1ccccc1Cl. The van der Waals surface area contributed by atoms with Gasteiger partial charge in [0.25, 0.3) is 0 Å². The summed E-state index contributed by atoms with van der Waals surface area (Å²) in [6.45, 7) is 5.40.